The number of nitrogen functional groups attached to an aromatic ring is 1. The minimum Gasteiger partial charge on any atom is -0.398 e. The third kappa shape index (κ3) is 2.34. The van der Waals surface area contributed by atoms with Crippen LogP contribution >= 0.6 is 0 Å². The molecule has 15 heavy (non-hydrogen) atoms. The topological polar surface area (TPSA) is 26.0 Å². The molecule has 82 valence electrons. The summed E-state index contributed by atoms with van der Waals surface area (Å²) in [4.78, 5) is 0. The van der Waals surface area contributed by atoms with Crippen molar-refractivity contribution in [1.29, 1.82) is 0 Å². The minimum absolute atomic E-state index is 0.709. The van der Waals surface area contributed by atoms with Gasteiger partial charge in [0.25, 0.3) is 0 Å². The van der Waals surface area contributed by atoms with Crippen molar-refractivity contribution in [3.05, 3.63) is 29.3 Å². The van der Waals surface area contributed by atoms with Gasteiger partial charge in [-0.3, -0.25) is 0 Å². The fourth-order valence-corrected chi connectivity index (χ4v) is 2.62. The molecule has 2 rings (SSSR count). The monoisotopic (exact) mass is 203 g/mol. The van der Waals surface area contributed by atoms with Gasteiger partial charge in [-0.2, -0.15) is 0 Å². The van der Waals surface area contributed by atoms with Gasteiger partial charge in [0.15, 0.2) is 0 Å². The molecule has 1 fully saturated rings. The standard InChI is InChI=1S/C14H21N/c1-10-3-6-12(7-4-10)13-9-11(2)5-8-14(13)15/h5,8-10,12H,3-4,6-7,15H2,1-2H3. The molecule has 2 N–H and O–H groups in total. The van der Waals surface area contributed by atoms with Gasteiger partial charge in [-0.15, -0.1) is 0 Å². The van der Waals surface area contributed by atoms with Crippen LogP contribution in [-0.4, -0.2) is 0 Å². The van der Waals surface area contributed by atoms with Gasteiger partial charge < -0.3 is 5.73 Å². The number of hydrogen-bond donors (Lipinski definition) is 1. The number of rotatable bonds is 1. The predicted molar refractivity (Wildman–Crippen MR) is 66.0 cm³/mol. The molecule has 0 amide bonds. The van der Waals surface area contributed by atoms with E-state index in [-0.39, 0.29) is 0 Å². The molecular formula is C14H21N. The molecule has 0 atom stereocenters. The molecule has 1 heteroatoms. The zero-order valence-corrected chi connectivity index (χ0v) is 9.79. The van der Waals surface area contributed by atoms with E-state index in [0.717, 1.165) is 11.6 Å². The van der Waals surface area contributed by atoms with E-state index in [2.05, 4.69) is 32.0 Å². The summed E-state index contributed by atoms with van der Waals surface area (Å²) < 4.78 is 0. The second-order valence-electron chi connectivity index (χ2n) is 5.09. The maximum absolute atomic E-state index is 6.05. The van der Waals surface area contributed by atoms with Crippen LogP contribution in [0.1, 0.15) is 49.7 Å². The maximum atomic E-state index is 6.05. The van der Waals surface area contributed by atoms with E-state index in [4.69, 9.17) is 5.73 Å². The molecule has 1 saturated carbocycles. The number of anilines is 1. The van der Waals surface area contributed by atoms with Crippen molar-refractivity contribution in [3.8, 4) is 0 Å². The first-order valence-electron chi connectivity index (χ1n) is 6.03. The Bertz CT molecular complexity index is 335. The lowest BCUT2D eigenvalue weighted by Crippen LogP contribution is -2.12. The van der Waals surface area contributed by atoms with E-state index in [1.165, 1.54) is 36.8 Å². The van der Waals surface area contributed by atoms with Gasteiger partial charge >= 0.3 is 0 Å². The third-order valence-corrected chi connectivity index (χ3v) is 3.70. The molecular weight excluding hydrogens is 182 g/mol. The van der Waals surface area contributed by atoms with Crippen molar-refractivity contribution in [2.75, 3.05) is 5.73 Å². The van der Waals surface area contributed by atoms with E-state index >= 15 is 0 Å². The quantitative estimate of drug-likeness (QED) is 0.689. The Kier molecular flexibility index (Phi) is 2.99. The molecule has 1 aromatic rings. The summed E-state index contributed by atoms with van der Waals surface area (Å²) >= 11 is 0. The molecule has 0 saturated heterocycles. The Labute approximate surface area is 92.7 Å². The highest BCUT2D eigenvalue weighted by Gasteiger charge is 2.21. The van der Waals surface area contributed by atoms with Crippen molar-refractivity contribution >= 4 is 5.69 Å². The normalized spacial score (nSPS) is 26.5. The summed E-state index contributed by atoms with van der Waals surface area (Å²) in [6, 6.07) is 6.43. The van der Waals surface area contributed by atoms with Gasteiger partial charge in [-0.05, 0) is 43.2 Å². The van der Waals surface area contributed by atoms with Crippen molar-refractivity contribution in [1.82, 2.24) is 0 Å². The highest BCUT2D eigenvalue weighted by molar-refractivity contribution is 5.50. The second-order valence-corrected chi connectivity index (χ2v) is 5.09. The van der Waals surface area contributed by atoms with Crippen LogP contribution in [0.3, 0.4) is 0 Å². The molecule has 0 aromatic heterocycles. The SMILES string of the molecule is Cc1ccc(N)c(C2CCC(C)CC2)c1. The summed E-state index contributed by atoms with van der Waals surface area (Å²) in [5.74, 6) is 1.62. The van der Waals surface area contributed by atoms with Crippen LogP contribution in [0, 0.1) is 12.8 Å². The minimum atomic E-state index is 0.709. The number of nitrogens with two attached hydrogens (primary N) is 1. The predicted octanol–water partition coefficient (Wildman–Crippen LogP) is 3.87. The van der Waals surface area contributed by atoms with Crippen LogP contribution in [0.2, 0.25) is 0 Å². The molecule has 0 aliphatic heterocycles. The Hall–Kier alpha value is -0.980. The van der Waals surface area contributed by atoms with Crippen LogP contribution in [0.25, 0.3) is 0 Å². The van der Waals surface area contributed by atoms with Gasteiger partial charge in [-0.1, -0.05) is 37.5 Å². The molecule has 1 nitrogen and oxygen atoms in total. The van der Waals surface area contributed by atoms with Crippen LogP contribution in [-0.2, 0) is 0 Å². The molecule has 1 aliphatic rings. The van der Waals surface area contributed by atoms with Crippen molar-refractivity contribution in [2.24, 2.45) is 5.92 Å². The highest BCUT2D eigenvalue weighted by atomic mass is 14.6. The zero-order valence-electron chi connectivity index (χ0n) is 9.79. The van der Waals surface area contributed by atoms with Crippen molar-refractivity contribution < 1.29 is 0 Å². The largest absolute Gasteiger partial charge is 0.398 e. The fraction of sp³-hybridized carbons (Fsp3) is 0.571. The lowest BCUT2D eigenvalue weighted by Gasteiger charge is -2.27. The summed E-state index contributed by atoms with van der Waals surface area (Å²) in [6.07, 6.45) is 5.35. The summed E-state index contributed by atoms with van der Waals surface area (Å²) in [5.41, 5.74) is 9.76. The van der Waals surface area contributed by atoms with Gasteiger partial charge in [0.1, 0.15) is 0 Å². The Morgan fingerprint density at radius 3 is 2.47 bits per heavy atom. The average Bonchev–Trinajstić information content (AvgIpc) is 2.23. The second kappa shape index (κ2) is 4.26. The van der Waals surface area contributed by atoms with Crippen LogP contribution in [0.15, 0.2) is 18.2 Å². The number of hydrogen-bond acceptors (Lipinski definition) is 1. The van der Waals surface area contributed by atoms with Gasteiger partial charge in [0.05, 0.1) is 0 Å². The molecule has 0 heterocycles. The molecule has 1 aliphatic carbocycles. The Morgan fingerprint density at radius 1 is 1.13 bits per heavy atom. The van der Waals surface area contributed by atoms with Gasteiger partial charge in [0.2, 0.25) is 0 Å². The van der Waals surface area contributed by atoms with Crippen LogP contribution in [0.4, 0.5) is 5.69 Å². The first kappa shape index (κ1) is 10.5. The molecule has 0 spiro atoms. The van der Waals surface area contributed by atoms with E-state index in [1.807, 2.05) is 0 Å². The average molecular weight is 203 g/mol. The van der Waals surface area contributed by atoms with Crippen molar-refractivity contribution in [2.45, 2.75) is 45.4 Å². The first-order chi connectivity index (χ1) is 7.16. The third-order valence-electron chi connectivity index (χ3n) is 3.70. The van der Waals surface area contributed by atoms with E-state index < -0.39 is 0 Å². The maximum Gasteiger partial charge on any atom is 0.0349 e. The van der Waals surface area contributed by atoms with Gasteiger partial charge in [-0.25, -0.2) is 0 Å². The first-order valence-corrected chi connectivity index (χ1v) is 6.03. The molecule has 1 aromatic carbocycles. The van der Waals surface area contributed by atoms with E-state index in [0.29, 0.717) is 5.92 Å². The summed E-state index contributed by atoms with van der Waals surface area (Å²) in [5, 5.41) is 0. The lowest BCUT2D eigenvalue weighted by atomic mass is 9.79. The Balaban J connectivity index is 2.18. The van der Waals surface area contributed by atoms with Crippen LogP contribution < -0.4 is 5.73 Å². The van der Waals surface area contributed by atoms with Crippen molar-refractivity contribution in [3.63, 3.8) is 0 Å². The zero-order chi connectivity index (χ0) is 10.8. The number of aryl methyl sites for hydroxylation is 1. The van der Waals surface area contributed by atoms with Crippen LogP contribution in [0.5, 0.6) is 0 Å². The molecule has 0 bridgehead atoms. The Morgan fingerprint density at radius 2 is 1.80 bits per heavy atom. The number of benzene rings is 1. The van der Waals surface area contributed by atoms with E-state index in [1.54, 1.807) is 0 Å². The summed E-state index contributed by atoms with van der Waals surface area (Å²) in [6.45, 7) is 4.50. The van der Waals surface area contributed by atoms with Gasteiger partial charge in [0, 0.05) is 5.69 Å². The van der Waals surface area contributed by atoms with E-state index in [9.17, 15) is 0 Å². The fourth-order valence-electron chi connectivity index (χ4n) is 2.62. The smallest absolute Gasteiger partial charge is 0.0349 e. The summed E-state index contributed by atoms with van der Waals surface area (Å²) in [7, 11) is 0. The molecule has 0 radical (unpaired) electrons. The highest BCUT2D eigenvalue weighted by Crippen LogP contribution is 2.37. The molecule has 0 unspecified atom stereocenters. The lowest BCUT2D eigenvalue weighted by molar-refractivity contribution is 0.348.